The lowest BCUT2D eigenvalue weighted by molar-refractivity contribution is -0.120. The number of benzene rings is 3. The first kappa shape index (κ1) is 17.4. The fraction of sp³-hybridized carbons (Fsp3) is 0.0952. The molecule has 26 heavy (non-hydrogen) atoms. The molecule has 0 saturated heterocycles. The zero-order chi connectivity index (χ0) is 18.4. The molecular weight excluding hydrogens is 326 g/mol. The van der Waals surface area contributed by atoms with E-state index >= 15 is 0 Å². The highest BCUT2D eigenvalue weighted by Gasteiger charge is 2.07. The van der Waals surface area contributed by atoms with Gasteiger partial charge in [-0.25, -0.2) is 5.43 Å². The Kier molecular flexibility index (Phi) is 5.39. The molecule has 0 saturated carbocycles. The minimum absolute atomic E-state index is 0.139. The third-order valence-corrected chi connectivity index (χ3v) is 3.94. The Morgan fingerprint density at radius 3 is 2.50 bits per heavy atom. The topological polar surface area (TPSA) is 70.6 Å². The van der Waals surface area contributed by atoms with Crippen molar-refractivity contribution in [3.63, 3.8) is 0 Å². The van der Waals surface area contributed by atoms with Crippen molar-refractivity contribution in [2.75, 3.05) is 6.54 Å². The lowest BCUT2D eigenvalue weighted by Gasteiger charge is -2.05. The zero-order valence-electron chi connectivity index (χ0n) is 14.4. The highest BCUT2D eigenvalue weighted by Crippen LogP contribution is 2.16. The van der Waals surface area contributed by atoms with E-state index in [1.165, 1.54) is 0 Å². The van der Waals surface area contributed by atoms with Gasteiger partial charge in [0.25, 0.3) is 11.8 Å². The van der Waals surface area contributed by atoms with Gasteiger partial charge >= 0.3 is 0 Å². The van der Waals surface area contributed by atoms with Gasteiger partial charge in [0, 0.05) is 11.1 Å². The van der Waals surface area contributed by atoms with Gasteiger partial charge < -0.3 is 5.32 Å². The monoisotopic (exact) mass is 345 g/mol. The number of hydrazone groups is 1. The van der Waals surface area contributed by atoms with E-state index in [9.17, 15) is 9.59 Å². The van der Waals surface area contributed by atoms with E-state index in [-0.39, 0.29) is 18.4 Å². The van der Waals surface area contributed by atoms with E-state index in [0.717, 1.165) is 21.9 Å². The first-order valence-electron chi connectivity index (χ1n) is 8.28. The number of hydrogen-bond acceptors (Lipinski definition) is 3. The summed E-state index contributed by atoms with van der Waals surface area (Å²) in [5.41, 5.74) is 4.92. The Morgan fingerprint density at radius 1 is 0.962 bits per heavy atom. The van der Waals surface area contributed by atoms with Crippen LogP contribution in [-0.4, -0.2) is 24.6 Å². The number of amides is 2. The number of fused-ring (bicyclic) bond motifs is 1. The molecule has 0 radical (unpaired) electrons. The Balaban J connectivity index is 1.54. The predicted molar refractivity (Wildman–Crippen MR) is 103 cm³/mol. The molecule has 0 aliphatic rings. The van der Waals surface area contributed by atoms with Crippen molar-refractivity contribution in [3.05, 3.63) is 83.4 Å². The second kappa shape index (κ2) is 8.07. The highest BCUT2D eigenvalue weighted by molar-refractivity contribution is 6.00. The van der Waals surface area contributed by atoms with E-state index < -0.39 is 0 Å². The Hall–Kier alpha value is -3.47. The van der Waals surface area contributed by atoms with Crippen LogP contribution in [0.1, 0.15) is 21.5 Å². The molecule has 0 bridgehead atoms. The zero-order valence-corrected chi connectivity index (χ0v) is 14.4. The van der Waals surface area contributed by atoms with Crippen molar-refractivity contribution in [2.24, 2.45) is 5.10 Å². The van der Waals surface area contributed by atoms with Crippen LogP contribution in [0.15, 0.2) is 71.8 Å². The van der Waals surface area contributed by atoms with Gasteiger partial charge in [-0.05, 0) is 29.8 Å². The number of rotatable bonds is 5. The quantitative estimate of drug-likeness (QED) is 0.551. The third kappa shape index (κ3) is 4.33. The van der Waals surface area contributed by atoms with Crippen molar-refractivity contribution < 1.29 is 9.59 Å². The molecule has 3 aromatic rings. The van der Waals surface area contributed by atoms with E-state index in [1.54, 1.807) is 18.3 Å². The van der Waals surface area contributed by atoms with Crippen LogP contribution >= 0.6 is 0 Å². The number of carbonyl (C=O) groups is 2. The molecule has 3 aromatic carbocycles. The molecule has 5 heteroatoms. The number of hydrogen-bond donors (Lipinski definition) is 2. The minimum atomic E-state index is -0.387. The van der Waals surface area contributed by atoms with Crippen LogP contribution in [0.25, 0.3) is 10.8 Å². The molecule has 2 N–H and O–H groups in total. The summed E-state index contributed by atoms with van der Waals surface area (Å²) < 4.78 is 0. The molecule has 0 spiro atoms. The minimum Gasteiger partial charge on any atom is -0.343 e. The van der Waals surface area contributed by atoms with E-state index in [1.807, 2.05) is 61.5 Å². The largest absolute Gasteiger partial charge is 0.343 e. The van der Waals surface area contributed by atoms with E-state index in [2.05, 4.69) is 15.8 Å². The Bertz CT molecular complexity index is 957. The summed E-state index contributed by atoms with van der Waals surface area (Å²) in [5, 5.41) is 8.71. The number of carbonyl (C=O) groups excluding carboxylic acids is 2. The molecule has 0 aromatic heterocycles. The summed E-state index contributed by atoms with van der Waals surface area (Å²) in [5.74, 6) is -0.680. The summed E-state index contributed by atoms with van der Waals surface area (Å²) in [7, 11) is 0. The summed E-state index contributed by atoms with van der Waals surface area (Å²) in [6.45, 7) is 1.81. The molecule has 0 atom stereocenters. The van der Waals surface area contributed by atoms with E-state index in [4.69, 9.17) is 0 Å². The number of nitrogens with one attached hydrogen (secondary N) is 2. The van der Waals surface area contributed by atoms with Crippen LogP contribution in [0.4, 0.5) is 0 Å². The second-order valence-corrected chi connectivity index (χ2v) is 5.91. The van der Waals surface area contributed by atoms with Crippen LogP contribution in [0.3, 0.4) is 0 Å². The lowest BCUT2D eigenvalue weighted by atomic mass is 10.1. The maximum Gasteiger partial charge on any atom is 0.259 e. The predicted octanol–water partition coefficient (Wildman–Crippen LogP) is 3.03. The summed E-state index contributed by atoms with van der Waals surface area (Å²) in [6.07, 6.45) is 1.60. The molecule has 5 nitrogen and oxygen atoms in total. The van der Waals surface area contributed by atoms with Gasteiger partial charge in [-0.15, -0.1) is 0 Å². The summed E-state index contributed by atoms with van der Waals surface area (Å²) in [4.78, 5) is 23.8. The van der Waals surface area contributed by atoms with Gasteiger partial charge in [0.2, 0.25) is 0 Å². The average Bonchev–Trinajstić information content (AvgIpc) is 2.67. The maximum absolute atomic E-state index is 12.0. The second-order valence-electron chi connectivity index (χ2n) is 5.91. The fourth-order valence-corrected chi connectivity index (χ4v) is 2.54. The molecule has 0 fully saturated rings. The van der Waals surface area contributed by atoms with Gasteiger partial charge in [-0.3, -0.25) is 9.59 Å². The molecule has 3 rings (SSSR count). The Morgan fingerprint density at radius 2 is 1.69 bits per heavy atom. The van der Waals surface area contributed by atoms with Crippen molar-refractivity contribution in [2.45, 2.75) is 6.92 Å². The van der Waals surface area contributed by atoms with Crippen LogP contribution in [0, 0.1) is 6.92 Å². The maximum atomic E-state index is 12.0. The van der Waals surface area contributed by atoms with Crippen molar-refractivity contribution >= 4 is 28.8 Å². The molecule has 0 unspecified atom stereocenters. The van der Waals surface area contributed by atoms with Gasteiger partial charge in [0.15, 0.2) is 0 Å². The normalized spacial score (nSPS) is 10.8. The fourth-order valence-electron chi connectivity index (χ4n) is 2.54. The summed E-state index contributed by atoms with van der Waals surface area (Å²) >= 11 is 0. The van der Waals surface area contributed by atoms with Gasteiger partial charge in [-0.2, -0.15) is 5.10 Å². The van der Waals surface area contributed by atoms with Crippen molar-refractivity contribution in [1.29, 1.82) is 0 Å². The smallest absolute Gasteiger partial charge is 0.259 e. The third-order valence-electron chi connectivity index (χ3n) is 3.94. The molecule has 0 heterocycles. The summed E-state index contributed by atoms with van der Waals surface area (Å²) in [6, 6.07) is 21.0. The van der Waals surface area contributed by atoms with Crippen LogP contribution < -0.4 is 10.7 Å². The molecule has 0 aliphatic carbocycles. The lowest BCUT2D eigenvalue weighted by Crippen LogP contribution is -2.34. The molecule has 2 amide bonds. The van der Waals surface area contributed by atoms with E-state index in [0.29, 0.717) is 5.56 Å². The van der Waals surface area contributed by atoms with Gasteiger partial charge in [0.05, 0.1) is 12.8 Å². The van der Waals surface area contributed by atoms with Gasteiger partial charge in [0.1, 0.15) is 0 Å². The molecular formula is C21H19N3O2. The van der Waals surface area contributed by atoms with Gasteiger partial charge in [-0.1, -0.05) is 60.2 Å². The number of aryl methyl sites for hydroxylation is 1. The van der Waals surface area contributed by atoms with Crippen LogP contribution in [0.2, 0.25) is 0 Å². The standard InChI is InChI=1S/C21H19N3O2/c1-15-9-11-17(12-10-15)21(26)22-14-20(25)24-23-13-18-7-4-6-16-5-2-3-8-19(16)18/h2-13H,14H2,1H3,(H,22,26)(H,24,25)/b23-13+. The van der Waals surface area contributed by atoms with Crippen molar-refractivity contribution in [1.82, 2.24) is 10.7 Å². The van der Waals surface area contributed by atoms with Crippen LogP contribution in [-0.2, 0) is 4.79 Å². The first-order chi connectivity index (χ1) is 12.6. The Labute approximate surface area is 151 Å². The SMILES string of the molecule is Cc1ccc(C(=O)NCC(=O)N/N=C/c2cccc3ccccc23)cc1. The van der Waals surface area contributed by atoms with Crippen molar-refractivity contribution in [3.8, 4) is 0 Å². The molecule has 0 aliphatic heterocycles. The first-order valence-corrected chi connectivity index (χ1v) is 8.28. The molecule has 130 valence electrons. The average molecular weight is 345 g/mol. The van der Waals surface area contributed by atoms with Crippen LogP contribution in [0.5, 0.6) is 0 Å². The highest BCUT2D eigenvalue weighted by atomic mass is 16.2. The number of nitrogens with zero attached hydrogens (tertiary/aromatic N) is 1.